The van der Waals surface area contributed by atoms with Gasteiger partial charge in [0.1, 0.15) is 0 Å². The molecule has 0 atom stereocenters. The number of hydrogen-bond acceptors (Lipinski definition) is 2. The topological polar surface area (TPSA) is 40.5 Å². The number of amides is 1. The minimum absolute atomic E-state index is 0.124. The van der Waals surface area contributed by atoms with E-state index in [4.69, 9.17) is 11.6 Å². The van der Waals surface area contributed by atoms with E-state index in [1.54, 1.807) is 18.2 Å². The lowest BCUT2D eigenvalue weighted by Gasteiger charge is -2.33. The molecule has 0 radical (unpaired) electrons. The van der Waals surface area contributed by atoms with E-state index in [1.165, 1.54) is 19.2 Å². The van der Waals surface area contributed by atoms with Gasteiger partial charge in [0.2, 0.25) is 0 Å². The minimum atomic E-state index is -6.03. The Balaban J connectivity index is 2.47. The minimum Gasteiger partial charge on any atom is -0.369 e. The molecule has 2 rings (SSSR count). The van der Waals surface area contributed by atoms with Crippen LogP contribution in [-0.4, -0.2) is 30.4 Å². The van der Waals surface area contributed by atoms with E-state index in [0.717, 1.165) is 11.0 Å². The standard InChI is InChI=1S/C17H12ClF6NO2/c1-25(14(26)10-5-3-2-4-6-10)13-8-7-11(9-12(13)18)15(27,16(19,20)21)17(22,23)24/h2-9,27H,1H3. The molecule has 0 saturated heterocycles. The van der Waals surface area contributed by atoms with E-state index in [9.17, 15) is 36.2 Å². The number of halogens is 7. The summed E-state index contributed by atoms with van der Waals surface area (Å²) in [5.74, 6) is -0.577. The first-order valence-corrected chi connectivity index (χ1v) is 7.67. The fraction of sp³-hybridized carbons (Fsp3) is 0.235. The first-order chi connectivity index (χ1) is 12.3. The zero-order valence-electron chi connectivity index (χ0n) is 13.6. The van der Waals surface area contributed by atoms with E-state index >= 15 is 0 Å². The maximum Gasteiger partial charge on any atom is 0.430 e. The van der Waals surface area contributed by atoms with E-state index in [2.05, 4.69) is 0 Å². The number of rotatable bonds is 3. The van der Waals surface area contributed by atoms with Crippen molar-refractivity contribution in [1.82, 2.24) is 0 Å². The smallest absolute Gasteiger partial charge is 0.369 e. The third-order valence-corrected chi connectivity index (χ3v) is 4.18. The Morgan fingerprint density at radius 1 is 0.963 bits per heavy atom. The van der Waals surface area contributed by atoms with Crippen molar-refractivity contribution >= 4 is 23.2 Å². The molecule has 10 heteroatoms. The molecule has 0 aliphatic carbocycles. The largest absolute Gasteiger partial charge is 0.430 e. The lowest BCUT2D eigenvalue weighted by molar-refractivity contribution is -0.376. The summed E-state index contributed by atoms with van der Waals surface area (Å²) in [6.07, 6.45) is -12.1. The molecule has 146 valence electrons. The van der Waals surface area contributed by atoms with Crippen molar-refractivity contribution in [3.63, 3.8) is 0 Å². The van der Waals surface area contributed by atoms with Crippen LogP contribution in [0.25, 0.3) is 0 Å². The summed E-state index contributed by atoms with van der Waals surface area (Å²) in [7, 11) is 1.26. The quantitative estimate of drug-likeness (QED) is 0.728. The Morgan fingerprint density at radius 2 is 1.48 bits per heavy atom. The van der Waals surface area contributed by atoms with Gasteiger partial charge < -0.3 is 10.0 Å². The predicted molar refractivity (Wildman–Crippen MR) is 86.6 cm³/mol. The van der Waals surface area contributed by atoms with Gasteiger partial charge in [-0.15, -0.1) is 0 Å². The first-order valence-electron chi connectivity index (χ1n) is 7.29. The highest BCUT2D eigenvalue weighted by atomic mass is 35.5. The van der Waals surface area contributed by atoms with Gasteiger partial charge in [0.25, 0.3) is 11.5 Å². The lowest BCUT2D eigenvalue weighted by atomic mass is 9.92. The average Bonchev–Trinajstić information content (AvgIpc) is 2.58. The summed E-state index contributed by atoms with van der Waals surface area (Å²) >= 11 is 5.82. The van der Waals surface area contributed by atoms with Crippen LogP contribution in [-0.2, 0) is 5.60 Å². The Bertz CT molecular complexity index is 822. The molecule has 0 heterocycles. The monoisotopic (exact) mass is 411 g/mol. The molecule has 1 N–H and O–H groups in total. The second-order valence-corrected chi connectivity index (χ2v) is 6.01. The van der Waals surface area contributed by atoms with Crippen molar-refractivity contribution in [3.8, 4) is 0 Å². The van der Waals surface area contributed by atoms with E-state index < -0.39 is 34.4 Å². The molecule has 1 amide bonds. The maximum absolute atomic E-state index is 12.9. The zero-order chi connectivity index (χ0) is 20.6. The highest BCUT2D eigenvalue weighted by Crippen LogP contribution is 2.50. The molecule has 0 aromatic heterocycles. The summed E-state index contributed by atoms with van der Waals surface area (Å²) in [5.41, 5.74) is -6.48. The van der Waals surface area contributed by atoms with Gasteiger partial charge in [-0.25, -0.2) is 0 Å². The van der Waals surface area contributed by atoms with Crippen molar-refractivity contribution in [3.05, 3.63) is 64.7 Å². The van der Waals surface area contributed by atoms with Crippen molar-refractivity contribution in [1.29, 1.82) is 0 Å². The Labute approximate surface area is 154 Å². The lowest BCUT2D eigenvalue weighted by Crippen LogP contribution is -2.53. The van der Waals surface area contributed by atoms with Gasteiger partial charge in [-0.05, 0) is 24.3 Å². The van der Waals surface area contributed by atoms with Gasteiger partial charge in [-0.1, -0.05) is 35.9 Å². The Kier molecular flexibility index (Phi) is 5.49. The summed E-state index contributed by atoms with van der Waals surface area (Å²) in [6, 6.07) is 9.36. The highest BCUT2D eigenvalue weighted by Gasteiger charge is 2.71. The third-order valence-electron chi connectivity index (χ3n) is 3.87. The second kappa shape index (κ2) is 7.05. The van der Waals surface area contributed by atoms with Crippen LogP contribution in [0.2, 0.25) is 5.02 Å². The van der Waals surface area contributed by atoms with Gasteiger partial charge in [0.15, 0.2) is 0 Å². The zero-order valence-corrected chi connectivity index (χ0v) is 14.3. The van der Waals surface area contributed by atoms with E-state index in [-0.39, 0.29) is 11.3 Å². The van der Waals surface area contributed by atoms with Crippen LogP contribution >= 0.6 is 11.6 Å². The molecule has 0 saturated carbocycles. The molecule has 2 aromatic rings. The molecule has 0 fully saturated rings. The van der Waals surface area contributed by atoms with Crippen LogP contribution in [0.4, 0.5) is 32.0 Å². The Hall–Kier alpha value is -2.26. The third kappa shape index (κ3) is 3.74. The van der Waals surface area contributed by atoms with Gasteiger partial charge in [-0.2, -0.15) is 26.3 Å². The number of anilines is 1. The summed E-state index contributed by atoms with van der Waals surface area (Å²) < 4.78 is 77.7. The molecular weight excluding hydrogens is 400 g/mol. The van der Waals surface area contributed by atoms with Crippen molar-refractivity contribution in [2.24, 2.45) is 0 Å². The summed E-state index contributed by atoms with van der Waals surface area (Å²) in [5, 5.41) is 8.84. The molecule has 0 bridgehead atoms. The van der Waals surface area contributed by atoms with E-state index in [1.807, 2.05) is 0 Å². The van der Waals surface area contributed by atoms with Gasteiger partial charge >= 0.3 is 12.4 Å². The molecule has 0 aliphatic heterocycles. The molecule has 0 aliphatic rings. The summed E-state index contributed by atoms with van der Waals surface area (Å²) in [6.45, 7) is 0. The van der Waals surface area contributed by atoms with Crippen LogP contribution in [0.15, 0.2) is 48.5 Å². The fourth-order valence-corrected chi connectivity index (χ4v) is 2.68. The number of carbonyl (C=O) groups is 1. The van der Waals surface area contributed by atoms with Crippen LogP contribution in [0.3, 0.4) is 0 Å². The number of benzene rings is 2. The van der Waals surface area contributed by atoms with Gasteiger partial charge in [0.05, 0.1) is 10.7 Å². The van der Waals surface area contributed by atoms with E-state index in [0.29, 0.717) is 12.1 Å². The van der Waals surface area contributed by atoms with Gasteiger partial charge in [0, 0.05) is 18.2 Å². The Morgan fingerprint density at radius 3 is 1.93 bits per heavy atom. The number of nitrogens with zero attached hydrogens (tertiary/aromatic N) is 1. The van der Waals surface area contributed by atoms with Crippen molar-refractivity contribution in [2.75, 3.05) is 11.9 Å². The van der Waals surface area contributed by atoms with Crippen LogP contribution in [0.5, 0.6) is 0 Å². The fourth-order valence-electron chi connectivity index (χ4n) is 2.38. The highest BCUT2D eigenvalue weighted by molar-refractivity contribution is 6.34. The number of alkyl halides is 6. The molecule has 27 heavy (non-hydrogen) atoms. The molecule has 0 spiro atoms. The molecule has 2 aromatic carbocycles. The number of aliphatic hydroxyl groups is 1. The number of hydrogen-bond donors (Lipinski definition) is 1. The first kappa shape index (κ1) is 21.0. The molecular formula is C17H12ClF6NO2. The number of carbonyl (C=O) groups excluding carboxylic acids is 1. The predicted octanol–water partition coefficient (Wildman–Crippen LogP) is 4.93. The normalized spacial score (nSPS) is 12.8. The van der Waals surface area contributed by atoms with Crippen molar-refractivity contribution in [2.45, 2.75) is 18.0 Å². The molecule has 0 unspecified atom stereocenters. The average molecular weight is 412 g/mol. The maximum atomic E-state index is 12.9. The van der Waals surface area contributed by atoms with Crippen molar-refractivity contribution < 1.29 is 36.2 Å². The summed E-state index contributed by atoms with van der Waals surface area (Å²) in [4.78, 5) is 13.3. The van der Waals surface area contributed by atoms with Gasteiger partial charge in [-0.3, -0.25) is 4.79 Å². The second-order valence-electron chi connectivity index (χ2n) is 5.60. The molecule has 3 nitrogen and oxygen atoms in total. The van der Waals surface area contributed by atoms with Crippen LogP contribution in [0, 0.1) is 0 Å². The van der Waals surface area contributed by atoms with Crippen LogP contribution < -0.4 is 4.90 Å². The SMILES string of the molecule is CN(C(=O)c1ccccc1)c1ccc(C(O)(C(F)(F)F)C(F)(F)F)cc1Cl. The van der Waals surface area contributed by atoms with Crippen LogP contribution in [0.1, 0.15) is 15.9 Å².